The van der Waals surface area contributed by atoms with Crippen LogP contribution >= 0.6 is 0 Å². The highest BCUT2D eigenvalue weighted by atomic mass is 16.6. The van der Waals surface area contributed by atoms with Crippen LogP contribution in [0.2, 0.25) is 0 Å². The third-order valence-electron chi connectivity index (χ3n) is 4.63. The fourth-order valence-electron chi connectivity index (χ4n) is 3.05. The topological polar surface area (TPSA) is 49.9 Å². The second-order valence-electron chi connectivity index (χ2n) is 8.09. The van der Waals surface area contributed by atoms with Crippen molar-refractivity contribution in [3.05, 3.63) is 0 Å². The lowest BCUT2D eigenvalue weighted by molar-refractivity contribution is -0.131. The second kappa shape index (κ2) is 5.27. The van der Waals surface area contributed by atoms with Crippen LogP contribution in [0.15, 0.2) is 0 Å². The quantitative estimate of drug-likeness (QED) is 0.734. The number of amides is 1. The molecule has 1 spiro atoms. The molecular formula is C16H28N2O3. The van der Waals surface area contributed by atoms with Crippen LogP contribution < -0.4 is 0 Å². The van der Waals surface area contributed by atoms with E-state index in [0.717, 1.165) is 45.3 Å². The average Bonchev–Trinajstić information content (AvgIpc) is 2.34. The Hall–Kier alpha value is -1.10. The van der Waals surface area contributed by atoms with E-state index < -0.39 is 5.60 Å². The summed E-state index contributed by atoms with van der Waals surface area (Å²) in [6.45, 7) is 13.0. The van der Waals surface area contributed by atoms with Crippen molar-refractivity contribution in [3.8, 4) is 0 Å². The molecule has 5 heteroatoms. The number of hydrogen-bond donors (Lipinski definition) is 0. The minimum atomic E-state index is -0.437. The van der Waals surface area contributed by atoms with Gasteiger partial charge in [0.05, 0.1) is 5.54 Å². The Bertz CT molecular complexity index is 410. The average molecular weight is 296 g/mol. The summed E-state index contributed by atoms with van der Waals surface area (Å²) in [5.74, 6) is 0. The number of rotatable bonds is 2. The number of aldehydes is 1. The SMILES string of the molecule is CC(C)(C)OC(=O)N1CCC2(CC1)CN(C(C)(C)C=O)C2. The number of piperidine rings is 1. The van der Waals surface area contributed by atoms with E-state index in [4.69, 9.17) is 4.74 Å². The highest BCUT2D eigenvalue weighted by Gasteiger charge is 2.49. The molecule has 2 fully saturated rings. The lowest BCUT2D eigenvalue weighted by Crippen LogP contribution is -2.66. The van der Waals surface area contributed by atoms with Crippen molar-refractivity contribution in [2.45, 2.75) is 58.6 Å². The van der Waals surface area contributed by atoms with Crippen molar-refractivity contribution in [3.63, 3.8) is 0 Å². The lowest BCUT2D eigenvalue weighted by Gasteiger charge is -2.57. The number of hydrogen-bond acceptors (Lipinski definition) is 4. The first-order valence-electron chi connectivity index (χ1n) is 7.76. The maximum Gasteiger partial charge on any atom is 0.410 e. The molecule has 120 valence electrons. The summed E-state index contributed by atoms with van der Waals surface area (Å²) in [4.78, 5) is 27.2. The Balaban J connectivity index is 1.83. The predicted molar refractivity (Wildman–Crippen MR) is 81.2 cm³/mol. The van der Waals surface area contributed by atoms with Gasteiger partial charge < -0.3 is 14.4 Å². The summed E-state index contributed by atoms with van der Waals surface area (Å²) in [7, 11) is 0. The second-order valence-corrected chi connectivity index (χ2v) is 8.09. The Morgan fingerprint density at radius 3 is 2.05 bits per heavy atom. The molecule has 5 nitrogen and oxygen atoms in total. The molecule has 0 saturated carbocycles. The minimum absolute atomic E-state index is 0.207. The first-order valence-corrected chi connectivity index (χ1v) is 7.76. The molecule has 0 radical (unpaired) electrons. The van der Waals surface area contributed by atoms with E-state index in [0.29, 0.717) is 5.41 Å². The first kappa shape index (κ1) is 16.3. The van der Waals surface area contributed by atoms with Crippen LogP contribution in [-0.2, 0) is 9.53 Å². The van der Waals surface area contributed by atoms with Gasteiger partial charge in [-0.3, -0.25) is 4.90 Å². The van der Waals surface area contributed by atoms with Gasteiger partial charge >= 0.3 is 6.09 Å². The third-order valence-corrected chi connectivity index (χ3v) is 4.63. The normalized spacial score (nSPS) is 22.8. The standard InChI is InChI=1S/C16H28N2O3/c1-14(2,3)21-13(20)17-8-6-16(7-9-17)10-18(11-16)15(4,5)12-19/h12H,6-11H2,1-5H3. The van der Waals surface area contributed by atoms with E-state index in [2.05, 4.69) is 4.90 Å². The Kier molecular flexibility index (Phi) is 4.08. The van der Waals surface area contributed by atoms with Crippen LogP contribution in [0.4, 0.5) is 4.79 Å². The van der Waals surface area contributed by atoms with Gasteiger partial charge in [-0.15, -0.1) is 0 Å². The van der Waals surface area contributed by atoms with Gasteiger partial charge in [0.1, 0.15) is 11.9 Å². The molecule has 2 heterocycles. The molecule has 0 aromatic carbocycles. The third kappa shape index (κ3) is 3.57. The van der Waals surface area contributed by atoms with Crippen molar-refractivity contribution in [2.24, 2.45) is 5.41 Å². The van der Waals surface area contributed by atoms with E-state index in [1.807, 2.05) is 39.5 Å². The summed E-state index contributed by atoms with van der Waals surface area (Å²) in [6, 6.07) is 0. The Labute approximate surface area is 127 Å². The number of nitrogens with zero attached hydrogens (tertiary/aromatic N) is 2. The van der Waals surface area contributed by atoms with E-state index in [9.17, 15) is 9.59 Å². The Morgan fingerprint density at radius 2 is 1.62 bits per heavy atom. The molecule has 2 saturated heterocycles. The molecule has 0 atom stereocenters. The summed E-state index contributed by atoms with van der Waals surface area (Å²) < 4.78 is 5.42. The van der Waals surface area contributed by atoms with Gasteiger partial charge in [-0.1, -0.05) is 0 Å². The number of likely N-dealkylation sites (tertiary alicyclic amines) is 2. The molecule has 2 aliphatic rings. The van der Waals surface area contributed by atoms with E-state index in [-0.39, 0.29) is 11.6 Å². The zero-order valence-electron chi connectivity index (χ0n) is 13.9. The molecule has 0 aliphatic carbocycles. The smallest absolute Gasteiger partial charge is 0.410 e. The highest BCUT2D eigenvalue weighted by Crippen LogP contribution is 2.43. The fraction of sp³-hybridized carbons (Fsp3) is 0.875. The first-order chi connectivity index (χ1) is 9.57. The maximum atomic E-state index is 12.0. The summed E-state index contributed by atoms with van der Waals surface area (Å²) in [5, 5.41) is 0. The molecular weight excluding hydrogens is 268 g/mol. The van der Waals surface area contributed by atoms with Gasteiger partial charge in [-0.25, -0.2) is 4.79 Å². The summed E-state index contributed by atoms with van der Waals surface area (Å²) in [6.07, 6.45) is 2.81. The molecule has 21 heavy (non-hydrogen) atoms. The number of ether oxygens (including phenoxy) is 1. The maximum absolute atomic E-state index is 12.0. The van der Waals surface area contributed by atoms with Gasteiger partial charge in [0.2, 0.25) is 0 Å². The van der Waals surface area contributed by atoms with Gasteiger partial charge in [0, 0.05) is 26.2 Å². The van der Waals surface area contributed by atoms with Crippen molar-refractivity contribution >= 4 is 12.4 Å². The van der Waals surface area contributed by atoms with Crippen molar-refractivity contribution in [1.82, 2.24) is 9.80 Å². The van der Waals surface area contributed by atoms with Crippen LogP contribution in [-0.4, -0.2) is 59.5 Å². The highest BCUT2D eigenvalue weighted by molar-refractivity contribution is 5.68. The molecule has 2 aliphatic heterocycles. The van der Waals surface area contributed by atoms with Crippen molar-refractivity contribution in [2.75, 3.05) is 26.2 Å². The van der Waals surface area contributed by atoms with E-state index in [1.54, 1.807) is 0 Å². The molecule has 0 N–H and O–H groups in total. The van der Waals surface area contributed by atoms with Gasteiger partial charge in [0.15, 0.2) is 0 Å². The summed E-state index contributed by atoms with van der Waals surface area (Å²) in [5.41, 5.74) is -0.514. The molecule has 2 rings (SSSR count). The zero-order valence-corrected chi connectivity index (χ0v) is 13.9. The summed E-state index contributed by atoms with van der Waals surface area (Å²) >= 11 is 0. The van der Waals surface area contributed by atoms with Crippen LogP contribution in [0.1, 0.15) is 47.5 Å². The van der Waals surface area contributed by atoms with Crippen LogP contribution in [0.25, 0.3) is 0 Å². The number of carbonyl (C=O) groups is 2. The lowest BCUT2D eigenvalue weighted by atomic mass is 9.70. The Morgan fingerprint density at radius 1 is 1.10 bits per heavy atom. The predicted octanol–water partition coefficient (Wildman–Crippen LogP) is 2.30. The van der Waals surface area contributed by atoms with Crippen LogP contribution in [0, 0.1) is 5.41 Å². The van der Waals surface area contributed by atoms with Crippen LogP contribution in [0.3, 0.4) is 0 Å². The fourth-order valence-corrected chi connectivity index (χ4v) is 3.05. The molecule has 0 aromatic rings. The monoisotopic (exact) mass is 296 g/mol. The van der Waals surface area contributed by atoms with Gasteiger partial charge in [0.25, 0.3) is 0 Å². The van der Waals surface area contributed by atoms with Crippen molar-refractivity contribution in [1.29, 1.82) is 0 Å². The van der Waals surface area contributed by atoms with Gasteiger partial charge in [-0.05, 0) is 52.9 Å². The van der Waals surface area contributed by atoms with E-state index >= 15 is 0 Å². The molecule has 0 aromatic heterocycles. The molecule has 0 unspecified atom stereocenters. The molecule has 0 bridgehead atoms. The number of carbonyl (C=O) groups excluding carboxylic acids is 2. The van der Waals surface area contributed by atoms with Crippen molar-refractivity contribution < 1.29 is 14.3 Å². The van der Waals surface area contributed by atoms with Gasteiger partial charge in [-0.2, -0.15) is 0 Å². The van der Waals surface area contributed by atoms with Crippen LogP contribution in [0.5, 0.6) is 0 Å². The largest absolute Gasteiger partial charge is 0.444 e. The molecule has 1 amide bonds. The van der Waals surface area contributed by atoms with E-state index in [1.165, 1.54) is 0 Å². The minimum Gasteiger partial charge on any atom is -0.444 e. The zero-order chi connectivity index (χ0) is 15.9.